The summed E-state index contributed by atoms with van der Waals surface area (Å²) in [7, 11) is 0. The molecule has 0 aliphatic heterocycles. The molecule has 0 radical (unpaired) electrons. The normalized spacial score (nSPS) is 52.6. The van der Waals surface area contributed by atoms with Crippen molar-refractivity contribution < 1.29 is 20.4 Å². The largest absolute Gasteiger partial charge is 0.390 e. The zero-order valence-electron chi connectivity index (χ0n) is 6.44. The van der Waals surface area contributed by atoms with Crippen LogP contribution in [0.1, 0.15) is 19.8 Å². The van der Waals surface area contributed by atoms with E-state index in [9.17, 15) is 5.11 Å². The summed E-state index contributed by atoms with van der Waals surface area (Å²) in [6.45, 7) is 1.53. The molecule has 0 heterocycles. The first-order valence-corrected chi connectivity index (χ1v) is 3.69. The third-order valence-corrected chi connectivity index (χ3v) is 2.09. The van der Waals surface area contributed by atoms with Gasteiger partial charge in [0.1, 0.15) is 6.10 Å². The molecule has 1 aliphatic carbocycles. The second-order valence-corrected chi connectivity index (χ2v) is 3.53. The van der Waals surface area contributed by atoms with Crippen molar-refractivity contribution in [3.8, 4) is 0 Å². The van der Waals surface area contributed by atoms with Gasteiger partial charge in [0.2, 0.25) is 0 Å². The molecule has 66 valence electrons. The minimum absolute atomic E-state index is 0.116. The van der Waals surface area contributed by atoms with Crippen molar-refractivity contribution in [2.75, 3.05) is 0 Å². The minimum Gasteiger partial charge on any atom is -0.390 e. The molecule has 4 heteroatoms. The highest BCUT2D eigenvalue weighted by molar-refractivity contribution is 4.92. The Kier molecular flexibility index (Phi) is 2.20. The van der Waals surface area contributed by atoms with Crippen LogP contribution in [-0.4, -0.2) is 44.3 Å². The van der Waals surface area contributed by atoms with Crippen LogP contribution in [0.25, 0.3) is 0 Å². The lowest BCUT2D eigenvalue weighted by Crippen LogP contribution is -2.51. The van der Waals surface area contributed by atoms with Crippen molar-refractivity contribution >= 4 is 0 Å². The summed E-state index contributed by atoms with van der Waals surface area (Å²) < 4.78 is 0. The Balaban J connectivity index is 2.62. The van der Waals surface area contributed by atoms with E-state index in [4.69, 9.17) is 15.3 Å². The summed E-state index contributed by atoms with van der Waals surface area (Å²) in [5, 5.41) is 36.7. The Labute approximate surface area is 65.1 Å². The Morgan fingerprint density at radius 1 is 1.09 bits per heavy atom. The molecule has 4 nitrogen and oxygen atoms in total. The fourth-order valence-electron chi connectivity index (χ4n) is 1.48. The SMILES string of the molecule is C[C@@]1(O)C[C@@H](O)[C@@H](O)[C@@H](O)C1. The van der Waals surface area contributed by atoms with Gasteiger partial charge in [-0.15, -0.1) is 0 Å². The molecular weight excluding hydrogens is 148 g/mol. The standard InChI is InChI=1S/C7H14O4/c1-7(11)2-4(8)6(10)5(9)3-7/h4-6,8-11H,2-3H2,1H3/t4-,5+,6-,7-. The van der Waals surface area contributed by atoms with Crippen molar-refractivity contribution in [2.45, 2.75) is 43.7 Å². The number of hydrogen-bond donors (Lipinski definition) is 4. The molecule has 4 N–H and O–H groups in total. The average Bonchev–Trinajstić information content (AvgIpc) is 1.81. The van der Waals surface area contributed by atoms with Crippen LogP contribution in [0.4, 0.5) is 0 Å². The molecule has 11 heavy (non-hydrogen) atoms. The third kappa shape index (κ3) is 1.90. The number of rotatable bonds is 0. The van der Waals surface area contributed by atoms with E-state index in [0.29, 0.717) is 0 Å². The van der Waals surface area contributed by atoms with Gasteiger partial charge in [0.05, 0.1) is 17.8 Å². The van der Waals surface area contributed by atoms with Gasteiger partial charge in [0.25, 0.3) is 0 Å². The van der Waals surface area contributed by atoms with Crippen molar-refractivity contribution in [2.24, 2.45) is 0 Å². The quantitative estimate of drug-likeness (QED) is 0.353. The van der Waals surface area contributed by atoms with E-state index in [1.54, 1.807) is 0 Å². The summed E-state index contributed by atoms with van der Waals surface area (Å²) in [6.07, 6.45) is -2.92. The lowest BCUT2D eigenvalue weighted by Gasteiger charge is -2.37. The second-order valence-electron chi connectivity index (χ2n) is 3.53. The molecule has 4 atom stereocenters. The molecule has 1 saturated carbocycles. The molecule has 1 aliphatic rings. The van der Waals surface area contributed by atoms with Gasteiger partial charge in [-0.1, -0.05) is 0 Å². The van der Waals surface area contributed by atoms with Crippen molar-refractivity contribution in [3.63, 3.8) is 0 Å². The van der Waals surface area contributed by atoms with E-state index in [0.717, 1.165) is 0 Å². The lowest BCUT2D eigenvalue weighted by molar-refractivity contribution is -0.147. The van der Waals surface area contributed by atoms with Crippen LogP contribution < -0.4 is 0 Å². The van der Waals surface area contributed by atoms with E-state index in [2.05, 4.69) is 0 Å². The summed E-state index contributed by atoms with van der Waals surface area (Å²) in [4.78, 5) is 0. The van der Waals surface area contributed by atoms with E-state index in [-0.39, 0.29) is 12.8 Å². The highest BCUT2D eigenvalue weighted by atomic mass is 16.4. The molecule has 1 fully saturated rings. The molecular formula is C7H14O4. The lowest BCUT2D eigenvalue weighted by atomic mass is 9.81. The van der Waals surface area contributed by atoms with Gasteiger partial charge < -0.3 is 20.4 Å². The van der Waals surface area contributed by atoms with Crippen molar-refractivity contribution in [3.05, 3.63) is 0 Å². The fraction of sp³-hybridized carbons (Fsp3) is 1.00. The molecule has 0 aromatic carbocycles. The summed E-state index contributed by atoms with van der Waals surface area (Å²) >= 11 is 0. The van der Waals surface area contributed by atoms with Crippen LogP contribution in [0.5, 0.6) is 0 Å². The summed E-state index contributed by atoms with van der Waals surface area (Å²) in [5.41, 5.74) is -1.06. The molecule has 0 bridgehead atoms. The summed E-state index contributed by atoms with van der Waals surface area (Å²) in [5.74, 6) is 0. The maximum atomic E-state index is 9.40. The molecule has 0 aromatic rings. The molecule has 1 rings (SSSR count). The van der Waals surface area contributed by atoms with E-state index >= 15 is 0 Å². The maximum Gasteiger partial charge on any atom is 0.106 e. The number of hydrogen-bond acceptors (Lipinski definition) is 4. The van der Waals surface area contributed by atoms with Gasteiger partial charge in [-0.3, -0.25) is 0 Å². The maximum absolute atomic E-state index is 9.40. The van der Waals surface area contributed by atoms with Crippen molar-refractivity contribution in [1.29, 1.82) is 0 Å². The smallest absolute Gasteiger partial charge is 0.106 e. The predicted octanol–water partition coefficient (Wildman–Crippen LogP) is -1.39. The van der Waals surface area contributed by atoms with Crippen LogP contribution >= 0.6 is 0 Å². The molecule has 0 aromatic heterocycles. The van der Waals surface area contributed by atoms with Gasteiger partial charge in [-0.25, -0.2) is 0 Å². The van der Waals surface area contributed by atoms with Gasteiger partial charge in [-0.2, -0.15) is 0 Å². The molecule has 0 saturated heterocycles. The van der Waals surface area contributed by atoms with Crippen LogP contribution in [-0.2, 0) is 0 Å². The minimum atomic E-state index is -1.12. The molecule has 0 amide bonds. The highest BCUT2D eigenvalue weighted by Crippen LogP contribution is 2.28. The number of aliphatic hydroxyl groups excluding tert-OH is 3. The van der Waals surface area contributed by atoms with Crippen LogP contribution in [0, 0.1) is 0 Å². The topological polar surface area (TPSA) is 80.9 Å². The van der Waals surface area contributed by atoms with E-state index < -0.39 is 23.9 Å². The second kappa shape index (κ2) is 2.71. The fourth-order valence-corrected chi connectivity index (χ4v) is 1.48. The van der Waals surface area contributed by atoms with Crippen molar-refractivity contribution in [1.82, 2.24) is 0 Å². The Bertz CT molecular complexity index is 131. The van der Waals surface area contributed by atoms with Crippen LogP contribution in [0.2, 0.25) is 0 Å². The zero-order chi connectivity index (χ0) is 8.65. The van der Waals surface area contributed by atoms with E-state index in [1.807, 2.05) is 0 Å². The van der Waals surface area contributed by atoms with Gasteiger partial charge in [0, 0.05) is 12.8 Å². The summed E-state index contributed by atoms with van der Waals surface area (Å²) in [6, 6.07) is 0. The predicted molar refractivity (Wildman–Crippen MR) is 37.9 cm³/mol. The first kappa shape index (κ1) is 8.93. The number of aliphatic hydroxyl groups is 4. The molecule has 0 unspecified atom stereocenters. The molecule has 0 spiro atoms. The Morgan fingerprint density at radius 2 is 1.45 bits per heavy atom. The van der Waals surface area contributed by atoms with E-state index in [1.165, 1.54) is 6.92 Å². The zero-order valence-corrected chi connectivity index (χ0v) is 6.44. The monoisotopic (exact) mass is 162 g/mol. The Morgan fingerprint density at radius 3 is 1.82 bits per heavy atom. The highest BCUT2D eigenvalue weighted by Gasteiger charge is 2.40. The Hall–Kier alpha value is -0.160. The average molecular weight is 162 g/mol. The van der Waals surface area contributed by atoms with Gasteiger partial charge >= 0.3 is 0 Å². The first-order chi connectivity index (χ1) is 4.92. The van der Waals surface area contributed by atoms with Gasteiger partial charge in [0.15, 0.2) is 0 Å². The third-order valence-electron chi connectivity index (χ3n) is 2.09. The van der Waals surface area contributed by atoms with Gasteiger partial charge in [-0.05, 0) is 6.92 Å². The van der Waals surface area contributed by atoms with Crippen LogP contribution in [0.15, 0.2) is 0 Å². The van der Waals surface area contributed by atoms with Crippen LogP contribution in [0.3, 0.4) is 0 Å². The first-order valence-electron chi connectivity index (χ1n) is 3.69.